The zero-order valence-corrected chi connectivity index (χ0v) is 17.5. The number of rotatable bonds is 6. The number of fused-ring (bicyclic) bond motifs is 1. The van der Waals surface area contributed by atoms with Crippen molar-refractivity contribution < 1.29 is 9.53 Å². The summed E-state index contributed by atoms with van der Waals surface area (Å²) in [6, 6.07) is 5.48. The van der Waals surface area contributed by atoms with Crippen molar-refractivity contribution in [3.8, 4) is 5.75 Å². The van der Waals surface area contributed by atoms with Gasteiger partial charge in [-0.15, -0.1) is 0 Å². The van der Waals surface area contributed by atoms with Crippen LogP contribution in [0.15, 0.2) is 23.0 Å². The van der Waals surface area contributed by atoms with Gasteiger partial charge >= 0.3 is 5.69 Å². The van der Waals surface area contributed by atoms with Crippen LogP contribution in [0, 0.1) is 23.7 Å². The van der Waals surface area contributed by atoms with Crippen molar-refractivity contribution in [3.63, 3.8) is 0 Å². The Balaban J connectivity index is 2.12. The van der Waals surface area contributed by atoms with Crippen LogP contribution < -0.4 is 16.2 Å². The number of ether oxygens (including phenoxy) is 1. The highest BCUT2D eigenvalue weighted by Gasteiger charge is 2.37. The van der Waals surface area contributed by atoms with Crippen LogP contribution >= 0.6 is 0 Å². The molecule has 0 spiro atoms. The number of carbonyl (C=O) groups excluding carboxylic acids is 1. The molecule has 3 atom stereocenters. The minimum Gasteiger partial charge on any atom is -0.494 e. The number of carbonyl (C=O) groups is 1. The quantitative estimate of drug-likeness (QED) is 0.823. The van der Waals surface area contributed by atoms with Gasteiger partial charge in [0.25, 0.3) is 0 Å². The fraction of sp³-hybridized carbons (Fsp3) is 0.636. The number of hydrogen-bond acceptors (Lipinski definition) is 4. The Morgan fingerprint density at radius 2 is 2.04 bits per heavy atom. The molecule has 1 fully saturated rings. The maximum Gasteiger partial charge on any atom is 0.336 e. The standard InChI is InChI=1S/C22H33N3O3/c1-5-28-16-7-9-19-20(13-16)24(11-10-23)22(27)25(19)21(26)18-12-15(4)6-8-17(18)14(2)3/h7,9,13-15,17-18H,5-6,8,10-12,23H2,1-4H3/t15-,17+,18+/m0/s1. The van der Waals surface area contributed by atoms with E-state index in [9.17, 15) is 9.59 Å². The fourth-order valence-corrected chi connectivity index (χ4v) is 4.70. The lowest BCUT2D eigenvalue weighted by molar-refractivity contribution is 0.0633. The zero-order chi connectivity index (χ0) is 20.4. The Morgan fingerprint density at radius 1 is 1.29 bits per heavy atom. The summed E-state index contributed by atoms with van der Waals surface area (Å²) in [5.41, 5.74) is 6.80. The van der Waals surface area contributed by atoms with E-state index >= 15 is 0 Å². The van der Waals surface area contributed by atoms with Gasteiger partial charge in [-0.1, -0.05) is 27.2 Å². The monoisotopic (exact) mass is 387 g/mol. The first kappa shape index (κ1) is 20.6. The van der Waals surface area contributed by atoms with Gasteiger partial charge in [0.15, 0.2) is 0 Å². The summed E-state index contributed by atoms with van der Waals surface area (Å²) in [7, 11) is 0. The third kappa shape index (κ3) is 3.75. The second-order valence-corrected chi connectivity index (χ2v) is 8.41. The Kier molecular flexibility index (Phi) is 6.28. The van der Waals surface area contributed by atoms with E-state index in [0.717, 1.165) is 19.3 Å². The second kappa shape index (κ2) is 8.52. The van der Waals surface area contributed by atoms with Crippen molar-refractivity contribution in [2.24, 2.45) is 29.4 Å². The number of benzene rings is 1. The van der Waals surface area contributed by atoms with Crippen molar-refractivity contribution in [2.75, 3.05) is 13.2 Å². The van der Waals surface area contributed by atoms with Crippen molar-refractivity contribution in [1.29, 1.82) is 0 Å². The van der Waals surface area contributed by atoms with E-state index < -0.39 is 0 Å². The highest BCUT2D eigenvalue weighted by molar-refractivity contribution is 5.92. The van der Waals surface area contributed by atoms with E-state index in [2.05, 4.69) is 20.8 Å². The maximum absolute atomic E-state index is 13.6. The van der Waals surface area contributed by atoms with Gasteiger partial charge in [0.05, 0.1) is 17.6 Å². The van der Waals surface area contributed by atoms with Crippen molar-refractivity contribution >= 4 is 16.9 Å². The van der Waals surface area contributed by atoms with Crippen LogP contribution in [0.25, 0.3) is 11.0 Å². The summed E-state index contributed by atoms with van der Waals surface area (Å²) < 4.78 is 8.59. The average molecular weight is 388 g/mol. The molecule has 2 N–H and O–H groups in total. The lowest BCUT2D eigenvalue weighted by Gasteiger charge is -2.36. The molecular formula is C22H33N3O3. The summed E-state index contributed by atoms with van der Waals surface area (Å²) in [5.74, 6) is 1.73. The van der Waals surface area contributed by atoms with Gasteiger partial charge in [-0.05, 0) is 49.7 Å². The van der Waals surface area contributed by atoms with Crippen LogP contribution in [0.1, 0.15) is 51.8 Å². The number of nitrogens with two attached hydrogens (primary N) is 1. The normalized spacial score (nSPS) is 22.7. The van der Waals surface area contributed by atoms with E-state index in [1.807, 2.05) is 25.1 Å². The first-order valence-corrected chi connectivity index (χ1v) is 10.5. The molecule has 1 heterocycles. The van der Waals surface area contributed by atoms with Crippen LogP contribution in [-0.2, 0) is 6.54 Å². The van der Waals surface area contributed by atoms with Crippen molar-refractivity contribution in [1.82, 2.24) is 9.13 Å². The van der Waals surface area contributed by atoms with Gasteiger partial charge in [-0.25, -0.2) is 9.36 Å². The van der Waals surface area contributed by atoms with Gasteiger partial charge in [-0.3, -0.25) is 9.36 Å². The molecule has 6 heteroatoms. The SMILES string of the molecule is CCOc1ccc2c(c1)n(CCN)c(=O)n2C(=O)[C@@H]1C[C@@H](C)CC[C@@H]1C(C)C. The molecule has 0 bridgehead atoms. The smallest absolute Gasteiger partial charge is 0.336 e. The maximum atomic E-state index is 13.6. The Hall–Kier alpha value is -2.08. The van der Waals surface area contributed by atoms with Crippen LogP contribution in [0.2, 0.25) is 0 Å². The van der Waals surface area contributed by atoms with Gasteiger partial charge in [0.1, 0.15) is 5.75 Å². The van der Waals surface area contributed by atoms with E-state index in [1.54, 1.807) is 4.57 Å². The minimum atomic E-state index is -0.292. The molecule has 154 valence electrons. The molecule has 1 saturated carbocycles. The molecule has 1 aliphatic rings. The fourth-order valence-electron chi connectivity index (χ4n) is 4.70. The Labute approximate surface area is 166 Å². The number of nitrogens with zero attached hydrogens (tertiary/aromatic N) is 2. The van der Waals surface area contributed by atoms with Crippen molar-refractivity contribution in [2.45, 2.75) is 53.5 Å². The Bertz CT molecular complexity index is 896. The van der Waals surface area contributed by atoms with Gasteiger partial charge < -0.3 is 10.5 Å². The molecule has 1 aromatic carbocycles. The van der Waals surface area contributed by atoms with Gasteiger partial charge in [0, 0.05) is 25.1 Å². The third-order valence-electron chi connectivity index (χ3n) is 6.12. The molecule has 3 rings (SSSR count). The summed E-state index contributed by atoms with van der Waals surface area (Å²) >= 11 is 0. The van der Waals surface area contributed by atoms with E-state index in [0.29, 0.717) is 54.2 Å². The largest absolute Gasteiger partial charge is 0.494 e. The molecule has 0 radical (unpaired) electrons. The molecule has 0 aliphatic heterocycles. The molecule has 6 nitrogen and oxygen atoms in total. The lowest BCUT2D eigenvalue weighted by atomic mass is 9.69. The van der Waals surface area contributed by atoms with Crippen LogP contribution in [0.5, 0.6) is 5.75 Å². The van der Waals surface area contributed by atoms with E-state index in [1.165, 1.54) is 4.57 Å². The molecular weight excluding hydrogens is 354 g/mol. The van der Waals surface area contributed by atoms with Crippen LogP contribution in [0.3, 0.4) is 0 Å². The first-order chi connectivity index (χ1) is 13.4. The minimum absolute atomic E-state index is 0.0693. The predicted octanol–water partition coefficient (Wildman–Crippen LogP) is 3.51. The van der Waals surface area contributed by atoms with Gasteiger partial charge in [-0.2, -0.15) is 0 Å². The molecule has 0 amide bonds. The first-order valence-electron chi connectivity index (χ1n) is 10.5. The summed E-state index contributed by atoms with van der Waals surface area (Å²) in [4.78, 5) is 26.8. The topological polar surface area (TPSA) is 79.2 Å². The molecule has 2 aromatic rings. The summed E-state index contributed by atoms with van der Waals surface area (Å²) in [6.07, 6.45) is 3.03. The molecule has 0 unspecified atom stereocenters. The van der Waals surface area contributed by atoms with Gasteiger partial charge in [0.2, 0.25) is 5.91 Å². The predicted molar refractivity (Wildman–Crippen MR) is 112 cm³/mol. The highest BCUT2D eigenvalue weighted by atomic mass is 16.5. The number of imidazole rings is 1. The molecule has 1 aliphatic carbocycles. The molecule has 1 aromatic heterocycles. The Morgan fingerprint density at radius 3 is 2.68 bits per heavy atom. The molecule has 28 heavy (non-hydrogen) atoms. The van der Waals surface area contributed by atoms with Crippen LogP contribution in [-0.4, -0.2) is 28.2 Å². The third-order valence-corrected chi connectivity index (χ3v) is 6.12. The summed E-state index contributed by atoms with van der Waals surface area (Å²) in [6.45, 7) is 9.72. The van der Waals surface area contributed by atoms with Crippen LogP contribution in [0.4, 0.5) is 0 Å². The lowest BCUT2D eigenvalue weighted by Crippen LogP contribution is -2.40. The number of aromatic nitrogens is 2. The average Bonchev–Trinajstić information content (AvgIpc) is 2.93. The zero-order valence-electron chi connectivity index (χ0n) is 17.5. The molecule has 0 saturated heterocycles. The number of hydrogen-bond donors (Lipinski definition) is 1. The second-order valence-electron chi connectivity index (χ2n) is 8.41. The van der Waals surface area contributed by atoms with E-state index in [4.69, 9.17) is 10.5 Å². The summed E-state index contributed by atoms with van der Waals surface area (Å²) in [5, 5.41) is 0. The van der Waals surface area contributed by atoms with Crippen molar-refractivity contribution in [3.05, 3.63) is 28.7 Å². The highest BCUT2D eigenvalue weighted by Crippen LogP contribution is 2.39. The van der Waals surface area contributed by atoms with E-state index in [-0.39, 0.29) is 17.5 Å².